The molecule has 17 amide bonds. The van der Waals surface area contributed by atoms with Crippen molar-refractivity contribution in [2.75, 3.05) is 72.0 Å². The number of para-hydroxylation sites is 1. The van der Waals surface area contributed by atoms with Gasteiger partial charge in [0.1, 0.15) is 90.3 Å². The number of thioether (sulfide) groups is 1. The van der Waals surface area contributed by atoms with Gasteiger partial charge in [-0.3, -0.25) is 86.9 Å². The Hall–Kier alpha value is -12.6. The van der Waals surface area contributed by atoms with E-state index in [0.29, 0.717) is 45.8 Å². The lowest BCUT2D eigenvalue weighted by molar-refractivity contribution is -0.149. The summed E-state index contributed by atoms with van der Waals surface area (Å²) in [5.74, 6) is -18.7. The number of hydrogen-bond donors (Lipinski definition) is 20. The molecule has 3 aliphatic rings. The number of nitrogens with one attached hydrogen (secondary N) is 13. The molecule has 702 valence electrons. The van der Waals surface area contributed by atoms with Crippen molar-refractivity contribution >= 4 is 150 Å². The maximum atomic E-state index is 15.6. The number of aromatic hydroxyl groups is 1. The van der Waals surface area contributed by atoms with Crippen LogP contribution in [0.4, 0.5) is 0 Å². The Morgan fingerprint density at radius 1 is 0.566 bits per heavy atom. The van der Waals surface area contributed by atoms with Gasteiger partial charge in [-0.15, -0.1) is 23.1 Å². The summed E-state index contributed by atoms with van der Waals surface area (Å²) in [6.07, 6.45) is -1.31. The fraction of sp³-hybridized carbons (Fsp3) is 0.529. The summed E-state index contributed by atoms with van der Waals surface area (Å²) in [4.78, 5) is 254. The van der Waals surface area contributed by atoms with E-state index in [1.165, 1.54) is 70.6 Å². The Bertz CT molecular complexity index is 4900. The van der Waals surface area contributed by atoms with Crippen molar-refractivity contribution in [2.24, 2.45) is 23.1 Å². The molecule has 0 radical (unpaired) electrons. The van der Waals surface area contributed by atoms with Crippen molar-refractivity contribution in [2.45, 2.75) is 209 Å². The number of H-pyrrole nitrogens is 1. The normalized spacial score (nSPS) is 25.4. The monoisotopic (exact) mass is 1830 g/mol. The second-order valence-electron chi connectivity index (χ2n) is 32.8. The molecule has 3 saturated heterocycles. The van der Waals surface area contributed by atoms with Crippen LogP contribution in [-0.2, 0) is 101 Å². The van der Waals surface area contributed by atoms with Crippen LogP contribution in [-0.4, -0.2) is 319 Å². The number of likely N-dealkylation sites (N-methyl/N-ethyl adjacent to an activating group) is 3. The van der Waals surface area contributed by atoms with Gasteiger partial charge in [0.25, 0.3) is 0 Å². The number of primary amides is 2. The molecule has 3 fully saturated rings. The van der Waals surface area contributed by atoms with Gasteiger partial charge < -0.3 is 126 Å². The number of rotatable bonds is 22. The van der Waals surface area contributed by atoms with Gasteiger partial charge in [-0.05, 0) is 110 Å². The number of carbonyl (C=O) groups is 17. The van der Waals surface area contributed by atoms with Gasteiger partial charge in [-0.25, -0.2) is 0 Å². The predicted molar refractivity (Wildman–Crippen MR) is 474 cm³/mol. The number of phenolic OH excluding ortho intramolecular Hbond substituents is 1. The molecule has 129 heavy (non-hydrogen) atoms. The molecule has 5 heterocycles. The van der Waals surface area contributed by atoms with Crippen LogP contribution in [0.15, 0.2) is 84.4 Å². The molecule has 0 aliphatic carbocycles. The maximum Gasteiger partial charge on any atom is 0.246 e. The van der Waals surface area contributed by atoms with Gasteiger partial charge in [0.05, 0.1) is 38.0 Å². The number of thiophene rings is 1. The highest BCUT2D eigenvalue weighted by molar-refractivity contribution is 8.00. The summed E-state index contributed by atoms with van der Waals surface area (Å²) < 4.78 is 0.803. The largest absolute Gasteiger partial charge is 0.508 e. The first kappa shape index (κ1) is 102. The summed E-state index contributed by atoms with van der Waals surface area (Å²) in [6, 6.07) is -2.67. The molecule has 44 heteroatoms. The second-order valence-corrected chi connectivity index (χ2v) is 34.7. The molecule has 0 saturated carbocycles. The topological polar surface area (TPSA) is 637 Å². The van der Waals surface area contributed by atoms with E-state index < -0.39 is 248 Å². The highest BCUT2D eigenvalue weighted by Crippen LogP contribution is 2.30. The number of aliphatic hydroxyl groups excluding tert-OH is 3. The quantitative estimate of drug-likeness (QED) is 0.0177. The zero-order valence-electron chi connectivity index (χ0n) is 73.2. The number of fused-ring (bicyclic) bond motifs is 4. The minimum absolute atomic E-state index is 0.0153. The van der Waals surface area contributed by atoms with Crippen molar-refractivity contribution in [1.29, 1.82) is 5.41 Å². The molecule has 15 atom stereocenters. The number of phenols is 1. The summed E-state index contributed by atoms with van der Waals surface area (Å²) in [6.45, 7) is 4.25. The highest BCUT2D eigenvalue weighted by Gasteiger charge is 2.46. The number of benzene rings is 3. The van der Waals surface area contributed by atoms with Crippen LogP contribution in [0.25, 0.3) is 21.0 Å². The lowest BCUT2D eigenvalue weighted by Crippen LogP contribution is -2.61. The van der Waals surface area contributed by atoms with Gasteiger partial charge >= 0.3 is 0 Å². The van der Waals surface area contributed by atoms with Crippen molar-refractivity contribution < 1.29 is 102 Å². The fourth-order valence-corrected chi connectivity index (χ4v) is 17.2. The molecule has 8 rings (SSSR count). The van der Waals surface area contributed by atoms with E-state index in [9.17, 15) is 73.2 Å². The van der Waals surface area contributed by atoms with Gasteiger partial charge in [0.2, 0.25) is 100 Å². The molecule has 3 aliphatic heterocycles. The third kappa shape index (κ3) is 28.2. The van der Waals surface area contributed by atoms with Gasteiger partial charge in [0.15, 0.2) is 5.96 Å². The van der Waals surface area contributed by atoms with Crippen molar-refractivity contribution in [3.63, 3.8) is 0 Å². The number of carbonyl (C=O) groups excluding carboxylic acids is 17. The van der Waals surface area contributed by atoms with E-state index >= 15 is 28.8 Å². The SMILES string of the molecule is CCCC[C@H]1C(=O)N(C)[C@@H](C)C(=O)N[C@@H](CCCNC(=N)N)C(=O)NC(C(=O)NCC(N)=O)CSCC(=O)N[C@@H](Cc2ccc(O)cc2)C(=O)N(C)[C@@H](C)C(=O)N[C@@H](CC(N)=O)C(=O)N2CCC[C@H]2C(=O)N[C@@H](CO)C(=O)N[C@H](CC(C)C)C(=O)N2C[C@H](O)C[C@H]2C(=O)N[C@@H](Cc2c[nH]c3ccccc23)C(=O)N[C@@H](CO)C(=O)N[C@@H](Cc2csc3ccccc23)C(=O)N1C. The fourth-order valence-electron chi connectivity index (χ4n) is 15.4. The molecule has 0 spiro atoms. The Balaban J connectivity index is 1.17. The highest BCUT2D eigenvalue weighted by atomic mass is 32.2. The predicted octanol–water partition coefficient (Wildman–Crippen LogP) is -4.34. The van der Waals surface area contributed by atoms with Gasteiger partial charge in [-0.2, -0.15) is 0 Å². The standard InChI is InChI=1S/C85H119N21O21S2/c1-9-10-21-65-84(127)103(7)46(5)71(114)94-55(20-15-28-90-85(88)89)74(117)101-63(73(116)92-37-69(87)112)42-128-43-70(113)93-58(31-47-24-26-50(109)27-25-47)80(123)102(6)45(4)72(115)96-60(35-68(86)111)82(125)105-29-16-22-64(105)78(121)100-62(40-108)77(120)97-57(30-44(2)3)83(126)106-38-51(110)34-66(106)79(122)95-56(32-48-36-91-54-19-13-11-17-52(48)54)75(118)99-61(39-107)76(119)98-59(81(124)104(65)8)33-49-41-129-67-23-14-12-18-53(49)67/h11-14,17-19,23-27,36,41,44-46,51,55-66,91,107-110H,9-10,15-16,20-22,28-35,37-40,42-43H2,1-8H3,(H2,86,111)(H2,87,112)(H,92,116)(H,93,113)(H,94,114)(H,95,122)(H,96,115)(H,97,120)(H,98,119)(H,99,118)(H,100,121)(H,101,117)(H4,88,89,90)/t45-,46-,51+,55-,56-,57+,58-,59-,60-,61-,62-,63?,64-,65-,66-/m0/s1. The van der Waals surface area contributed by atoms with Crippen LogP contribution in [0, 0.1) is 11.3 Å². The van der Waals surface area contributed by atoms with Crippen molar-refractivity contribution in [1.82, 2.24) is 88.0 Å². The number of aromatic amines is 1. The van der Waals surface area contributed by atoms with E-state index in [1.54, 1.807) is 67.9 Å². The number of unbranched alkanes of at least 4 members (excludes halogenated alkanes) is 1. The average molecular weight is 1840 g/mol. The first-order valence-electron chi connectivity index (χ1n) is 42.6. The van der Waals surface area contributed by atoms with E-state index in [0.717, 1.165) is 41.0 Å². The number of guanidine groups is 1. The summed E-state index contributed by atoms with van der Waals surface area (Å²) in [5.41, 5.74) is 18.7. The van der Waals surface area contributed by atoms with Crippen LogP contribution in [0.5, 0.6) is 5.75 Å². The van der Waals surface area contributed by atoms with Crippen LogP contribution in [0.2, 0.25) is 0 Å². The molecule has 2 aromatic heterocycles. The smallest absolute Gasteiger partial charge is 0.246 e. The lowest BCUT2D eigenvalue weighted by atomic mass is 10.0. The van der Waals surface area contributed by atoms with E-state index in [2.05, 4.69) is 63.5 Å². The first-order chi connectivity index (χ1) is 61.2. The number of amides is 17. The van der Waals surface area contributed by atoms with Crippen LogP contribution in [0.3, 0.4) is 0 Å². The summed E-state index contributed by atoms with van der Waals surface area (Å²) >= 11 is 2.08. The zero-order valence-corrected chi connectivity index (χ0v) is 74.8. The Kier molecular flexibility index (Phi) is 37.9. The second kappa shape index (κ2) is 48.0. The van der Waals surface area contributed by atoms with Crippen LogP contribution >= 0.6 is 23.1 Å². The third-order valence-electron chi connectivity index (χ3n) is 22.8. The number of aromatic nitrogens is 1. The minimum Gasteiger partial charge on any atom is -0.508 e. The molecular weight excluding hydrogens is 1720 g/mol. The number of nitrogens with two attached hydrogens (primary N) is 3. The number of nitrogens with zero attached hydrogens (tertiary/aromatic N) is 5. The molecule has 42 nitrogen and oxygen atoms in total. The molecule has 5 aromatic rings. The zero-order chi connectivity index (χ0) is 94.8. The van der Waals surface area contributed by atoms with Crippen LogP contribution in [0.1, 0.15) is 116 Å². The first-order valence-corrected chi connectivity index (χ1v) is 44.6. The van der Waals surface area contributed by atoms with E-state index in [-0.39, 0.29) is 82.5 Å². The third-order valence-corrected chi connectivity index (χ3v) is 24.8. The van der Waals surface area contributed by atoms with Gasteiger partial charge in [0, 0.05) is 94.0 Å². The Labute approximate surface area is 752 Å². The van der Waals surface area contributed by atoms with E-state index in [1.807, 2.05) is 13.0 Å². The van der Waals surface area contributed by atoms with Crippen molar-refractivity contribution in [3.05, 3.63) is 101 Å². The Morgan fingerprint density at radius 3 is 1.75 bits per heavy atom. The average Bonchev–Trinajstić information content (AvgIpc) is 1.72. The maximum absolute atomic E-state index is 15.6. The number of aliphatic hydroxyl groups is 3. The van der Waals surface area contributed by atoms with Crippen LogP contribution < -0.4 is 75.7 Å². The van der Waals surface area contributed by atoms with Gasteiger partial charge in [-0.1, -0.05) is 82.1 Å². The lowest BCUT2D eigenvalue weighted by Gasteiger charge is -2.35. The summed E-state index contributed by atoms with van der Waals surface area (Å²) in [7, 11) is 3.79. The summed E-state index contributed by atoms with van der Waals surface area (Å²) in [5, 5.41) is 82.4. The molecular formula is C85H119N21O21S2. The molecule has 0 bridgehead atoms. The molecule has 3 aromatic carbocycles. The van der Waals surface area contributed by atoms with Crippen molar-refractivity contribution in [3.8, 4) is 5.75 Å². The molecule has 1 unspecified atom stereocenters. The number of hydrogen-bond acceptors (Lipinski definition) is 24. The molecule has 23 N–H and O–H groups in total. The Morgan fingerprint density at radius 2 is 1.12 bits per heavy atom. The minimum atomic E-state index is -1.89. The van der Waals surface area contributed by atoms with E-state index in [4.69, 9.17) is 22.6 Å².